The summed E-state index contributed by atoms with van der Waals surface area (Å²) >= 11 is 0. The standard InChI is InChI=1S/C9H16N2/c1-2-10-9-7-11-5-3-8(9)4-6-11/h8H,2-7H2,1H3. The van der Waals surface area contributed by atoms with Crippen LogP contribution < -0.4 is 0 Å². The van der Waals surface area contributed by atoms with Crippen molar-refractivity contribution < 1.29 is 0 Å². The molecule has 0 unspecified atom stereocenters. The van der Waals surface area contributed by atoms with E-state index in [1.165, 1.54) is 38.2 Å². The molecule has 3 rings (SSSR count). The summed E-state index contributed by atoms with van der Waals surface area (Å²) in [6.45, 7) is 6.89. The van der Waals surface area contributed by atoms with Crippen molar-refractivity contribution >= 4 is 5.71 Å². The lowest BCUT2D eigenvalue weighted by Gasteiger charge is -2.39. The lowest BCUT2D eigenvalue weighted by Crippen LogP contribution is -2.47. The number of piperidine rings is 3. The third-order valence-corrected chi connectivity index (χ3v) is 2.81. The number of hydrogen-bond donors (Lipinski definition) is 0. The predicted octanol–water partition coefficient (Wildman–Crippen LogP) is 1.17. The molecular formula is C9H16N2. The Morgan fingerprint density at radius 3 is 2.64 bits per heavy atom. The van der Waals surface area contributed by atoms with Crippen LogP contribution in [0.25, 0.3) is 0 Å². The highest BCUT2D eigenvalue weighted by atomic mass is 15.2. The molecule has 0 amide bonds. The Bertz CT molecular complexity index is 166. The molecule has 0 aromatic rings. The van der Waals surface area contributed by atoms with E-state index in [1.54, 1.807) is 0 Å². The first-order valence-corrected chi connectivity index (χ1v) is 4.65. The van der Waals surface area contributed by atoms with Gasteiger partial charge in [-0.15, -0.1) is 0 Å². The fourth-order valence-corrected chi connectivity index (χ4v) is 2.16. The van der Waals surface area contributed by atoms with Crippen LogP contribution in [0.4, 0.5) is 0 Å². The molecule has 0 saturated carbocycles. The van der Waals surface area contributed by atoms with Crippen molar-refractivity contribution in [3.05, 3.63) is 0 Å². The summed E-state index contributed by atoms with van der Waals surface area (Å²) in [5, 5.41) is 0. The molecule has 0 aromatic heterocycles. The van der Waals surface area contributed by atoms with Gasteiger partial charge in [-0.25, -0.2) is 0 Å². The second-order valence-corrected chi connectivity index (χ2v) is 3.52. The Morgan fingerprint density at radius 2 is 2.18 bits per heavy atom. The largest absolute Gasteiger partial charge is 0.298 e. The van der Waals surface area contributed by atoms with E-state index < -0.39 is 0 Å². The maximum absolute atomic E-state index is 4.54. The van der Waals surface area contributed by atoms with E-state index in [2.05, 4.69) is 16.8 Å². The van der Waals surface area contributed by atoms with E-state index >= 15 is 0 Å². The van der Waals surface area contributed by atoms with Crippen molar-refractivity contribution in [3.63, 3.8) is 0 Å². The molecule has 3 aliphatic rings. The van der Waals surface area contributed by atoms with Gasteiger partial charge in [-0.3, -0.25) is 9.89 Å². The van der Waals surface area contributed by atoms with Gasteiger partial charge in [0.05, 0.1) is 0 Å². The van der Waals surface area contributed by atoms with E-state index in [0.717, 1.165) is 12.5 Å². The Kier molecular flexibility index (Phi) is 1.95. The van der Waals surface area contributed by atoms with Crippen LogP contribution in [0.5, 0.6) is 0 Å². The van der Waals surface area contributed by atoms with Crippen LogP contribution in [-0.4, -0.2) is 36.8 Å². The van der Waals surface area contributed by atoms with Gasteiger partial charge in [0.1, 0.15) is 0 Å². The molecule has 2 heteroatoms. The van der Waals surface area contributed by atoms with E-state index in [0.29, 0.717) is 0 Å². The molecule has 0 aliphatic carbocycles. The van der Waals surface area contributed by atoms with Crippen LogP contribution in [0, 0.1) is 5.92 Å². The summed E-state index contributed by atoms with van der Waals surface area (Å²) in [5.74, 6) is 0.847. The number of rotatable bonds is 1. The molecule has 0 radical (unpaired) electrons. The highest BCUT2D eigenvalue weighted by Gasteiger charge is 2.30. The Hall–Kier alpha value is -0.370. The number of aliphatic imine (C=N–C) groups is 1. The first kappa shape index (κ1) is 7.29. The van der Waals surface area contributed by atoms with E-state index in [1.807, 2.05) is 0 Å². The molecule has 2 nitrogen and oxygen atoms in total. The van der Waals surface area contributed by atoms with Crippen LogP contribution in [-0.2, 0) is 0 Å². The van der Waals surface area contributed by atoms with E-state index in [9.17, 15) is 0 Å². The first-order chi connectivity index (χ1) is 5.40. The monoisotopic (exact) mass is 152 g/mol. The highest BCUT2D eigenvalue weighted by molar-refractivity contribution is 5.90. The lowest BCUT2D eigenvalue weighted by molar-refractivity contribution is 0.200. The van der Waals surface area contributed by atoms with Crippen LogP contribution in [0.3, 0.4) is 0 Å². The summed E-state index contributed by atoms with van der Waals surface area (Å²) in [4.78, 5) is 7.06. The molecule has 0 atom stereocenters. The summed E-state index contributed by atoms with van der Waals surface area (Å²) in [6.07, 6.45) is 2.72. The van der Waals surface area contributed by atoms with Crippen LogP contribution in [0.15, 0.2) is 4.99 Å². The lowest BCUT2D eigenvalue weighted by atomic mass is 9.86. The second kappa shape index (κ2) is 2.94. The molecule has 0 spiro atoms. The minimum atomic E-state index is 0.847. The van der Waals surface area contributed by atoms with Gasteiger partial charge in [0, 0.05) is 24.7 Å². The summed E-state index contributed by atoms with van der Waals surface area (Å²) in [6, 6.07) is 0. The highest BCUT2D eigenvalue weighted by Crippen LogP contribution is 2.25. The summed E-state index contributed by atoms with van der Waals surface area (Å²) in [7, 11) is 0. The average molecular weight is 152 g/mol. The smallest absolute Gasteiger partial charge is 0.0366 e. The average Bonchev–Trinajstić information content (AvgIpc) is 2.07. The van der Waals surface area contributed by atoms with Crippen LogP contribution in [0.1, 0.15) is 19.8 Å². The van der Waals surface area contributed by atoms with Crippen molar-refractivity contribution in [3.8, 4) is 0 Å². The molecule has 3 aliphatic heterocycles. The quantitative estimate of drug-likeness (QED) is 0.550. The zero-order valence-corrected chi connectivity index (χ0v) is 7.21. The summed E-state index contributed by atoms with van der Waals surface area (Å²) in [5.41, 5.74) is 1.48. The van der Waals surface area contributed by atoms with Gasteiger partial charge in [-0.2, -0.15) is 0 Å². The predicted molar refractivity (Wildman–Crippen MR) is 47.1 cm³/mol. The van der Waals surface area contributed by atoms with Crippen LogP contribution >= 0.6 is 0 Å². The van der Waals surface area contributed by atoms with Crippen molar-refractivity contribution in [2.75, 3.05) is 26.2 Å². The molecule has 11 heavy (non-hydrogen) atoms. The normalized spacial score (nSPS) is 39.9. The molecule has 2 bridgehead atoms. The van der Waals surface area contributed by atoms with Gasteiger partial charge in [0.15, 0.2) is 0 Å². The van der Waals surface area contributed by atoms with Gasteiger partial charge in [0.25, 0.3) is 0 Å². The van der Waals surface area contributed by atoms with Crippen molar-refractivity contribution in [1.29, 1.82) is 0 Å². The van der Waals surface area contributed by atoms with Crippen molar-refractivity contribution in [2.45, 2.75) is 19.8 Å². The van der Waals surface area contributed by atoms with Gasteiger partial charge in [-0.05, 0) is 32.9 Å². The molecule has 62 valence electrons. The minimum Gasteiger partial charge on any atom is -0.298 e. The number of nitrogens with zero attached hydrogens (tertiary/aromatic N) is 2. The second-order valence-electron chi connectivity index (χ2n) is 3.52. The minimum absolute atomic E-state index is 0.847. The third-order valence-electron chi connectivity index (χ3n) is 2.81. The van der Waals surface area contributed by atoms with Gasteiger partial charge in [-0.1, -0.05) is 0 Å². The molecule has 0 aromatic carbocycles. The first-order valence-electron chi connectivity index (χ1n) is 4.65. The SMILES string of the molecule is CCN=C1CN2CCC1CC2. The van der Waals surface area contributed by atoms with Gasteiger partial charge < -0.3 is 0 Å². The van der Waals surface area contributed by atoms with Crippen molar-refractivity contribution in [2.24, 2.45) is 10.9 Å². The van der Waals surface area contributed by atoms with Crippen LogP contribution in [0.2, 0.25) is 0 Å². The Labute approximate surface area is 68.3 Å². The fraction of sp³-hybridized carbons (Fsp3) is 0.889. The zero-order chi connectivity index (χ0) is 7.68. The summed E-state index contributed by atoms with van der Waals surface area (Å²) < 4.78 is 0. The molecular weight excluding hydrogens is 136 g/mol. The van der Waals surface area contributed by atoms with Crippen molar-refractivity contribution in [1.82, 2.24) is 4.90 Å². The third kappa shape index (κ3) is 1.32. The fourth-order valence-electron chi connectivity index (χ4n) is 2.16. The topological polar surface area (TPSA) is 15.6 Å². The molecule has 3 saturated heterocycles. The van der Waals surface area contributed by atoms with Gasteiger partial charge >= 0.3 is 0 Å². The number of fused-ring (bicyclic) bond motifs is 3. The number of hydrogen-bond acceptors (Lipinski definition) is 2. The zero-order valence-electron chi connectivity index (χ0n) is 7.21. The molecule has 0 N–H and O–H groups in total. The van der Waals surface area contributed by atoms with E-state index in [-0.39, 0.29) is 0 Å². The molecule has 3 fully saturated rings. The maximum Gasteiger partial charge on any atom is 0.0366 e. The Morgan fingerprint density at radius 1 is 1.45 bits per heavy atom. The van der Waals surface area contributed by atoms with E-state index in [4.69, 9.17) is 0 Å². The van der Waals surface area contributed by atoms with Gasteiger partial charge in [0.2, 0.25) is 0 Å². The maximum atomic E-state index is 4.54. The Balaban J connectivity index is 2.08. The molecule has 3 heterocycles.